The van der Waals surface area contributed by atoms with Crippen LogP contribution in [0.1, 0.15) is 40.9 Å². The fraction of sp³-hybridized carbons (Fsp3) is 0.318. The molecule has 0 unspecified atom stereocenters. The average Bonchev–Trinajstić information content (AvgIpc) is 3.27. The Bertz CT molecular complexity index is 858. The first-order chi connectivity index (χ1) is 12.7. The monoisotopic (exact) mass is 364 g/mol. The minimum absolute atomic E-state index is 0.202. The van der Waals surface area contributed by atoms with E-state index in [2.05, 4.69) is 71.3 Å². The third kappa shape index (κ3) is 3.97. The molecule has 0 amide bonds. The fourth-order valence-electron chi connectivity index (χ4n) is 3.44. The van der Waals surface area contributed by atoms with Crippen molar-refractivity contribution in [2.45, 2.75) is 45.4 Å². The summed E-state index contributed by atoms with van der Waals surface area (Å²) in [6, 6.07) is 13.2. The quantitative estimate of drug-likeness (QED) is 0.679. The number of nitrogens with zero attached hydrogens (tertiary/aromatic N) is 1. The molecule has 0 radical (unpaired) electrons. The Balaban J connectivity index is 1.49. The highest BCUT2D eigenvalue weighted by Crippen LogP contribution is 2.29. The highest BCUT2D eigenvalue weighted by molar-refractivity contribution is 7.07. The lowest BCUT2D eigenvalue weighted by molar-refractivity contribution is 0.254. The summed E-state index contributed by atoms with van der Waals surface area (Å²) < 4.78 is 5.81. The molecule has 0 fully saturated rings. The molecule has 3 nitrogen and oxygen atoms in total. The molecule has 0 bridgehead atoms. The van der Waals surface area contributed by atoms with Crippen LogP contribution < -0.4 is 10.1 Å². The van der Waals surface area contributed by atoms with Crippen LogP contribution in [0.4, 0.5) is 0 Å². The Morgan fingerprint density at radius 2 is 2.15 bits per heavy atom. The second-order valence-electron chi connectivity index (χ2n) is 7.10. The first-order valence-electron chi connectivity index (χ1n) is 9.13. The van der Waals surface area contributed by atoms with E-state index < -0.39 is 0 Å². The number of aryl methyl sites for hydroxylation is 1. The minimum Gasteiger partial charge on any atom is -0.490 e. The van der Waals surface area contributed by atoms with Crippen molar-refractivity contribution < 1.29 is 4.74 Å². The number of aromatic nitrogens is 1. The van der Waals surface area contributed by atoms with Gasteiger partial charge in [0.2, 0.25) is 0 Å². The number of pyridine rings is 1. The molecular weight excluding hydrogens is 340 g/mol. The summed E-state index contributed by atoms with van der Waals surface area (Å²) in [5.41, 5.74) is 6.25. The minimum atomic E-state index is 0.202. The summed E-state index contributed by atoms with van der Waals surface area (Å²) in [6.07, 6.45) is 4.19. The molecule has 26 heavy (non-hydrogen) atoms. The van der Waals surface area contributed by atoms with Crippen LogP contribution in [0.25, 0.3) is 0 Å². The maximum absolute atomic E-state index is 5.81. The van der Waals surface area contributed by atoms with Gasteiger partial charge in [-0.05, 0) is 71.5 Å². The van der Waals surface area contributed by atoms with Crippen molar-refractivity contribution in [3.8, 4) is 5.75 Å². The molecule has 0 spiro atoms. The number of benzene rings is 1. The van der Waals surface area contributed by atoms with Crippen LogP contribution in [0, 0.1) is 6.92 Å². The van der Waals surface area contributed by atoms with Gasteiger partial charge in [0.25, 0.3) is 0 Å². The van der Waals surface area contributed by atoms with Crippen molar-refractivity contribution in [2.24, 2.45) is 0 Å². The second kappa shape index (κ2) is 7.60. The number of fused-ring (bicyclic) bond motifs is 1. The van der Waals surface area contributed by atoms with Crippen molar-refractivity contribution >= 4 is 11.3 Å². The Morgan fingerprint density at radius 1 is 1.23 bits per heavy atom. The van der Waals surface area contributed by atoms with Gasteiger partial charge in [0.15, 0.2) is 0 Å². The molecule has 1 aromatic carbocycles. The second-order valence-corrected chi connectivity index (χ2v) is 7.88. The zero-order valence-electron chi connectivity index (χ0n) is 15.2. The number of nitrogens with one attached hydrogen (secondary N) is 1. The lowest BCUT2D eigenvalue weighted by Crippen LogP contribution is -2.23. The third-order valence-electron chi connectivity index (χ3n) is 4.82. The van der Waals surface area contributed by atoms with Crippen LogP contribution >= 0.6 is 11.3 Å². The number of hydrogen-bond donors (Lipinski definition) is 1. The van der Waals surface area contributed by atoms with E-state index >= 15 is 0 Å². The summed E-state index contributed by atoms with van der Waals surface area (Å²) in [5, 5.41) is 8.07. The normalized spacial score (nSPS) is 16.9. The molecule has 3 heterocycles. The van der Waals surface area contributed by atoms with Gasteiger partial charge in [-0.1, -0.05) is 18.2 Å². The van der Waals surface area contributed by atoms with Gasteiger partial charge in [-0.3, -0.25) is 4.98 Å². The molecule has 134 valence electrons. The van der Waals surface area contributed by atoms with E-state index in [0.717, 1.165) is 30.8 Å². The molecule has 4 rings (SSSR count). The van der Waals surface area contributed by atoms with Gasteiger partial charge in [0.1, 0.15) is 11.9 Å². The van der Waals surface area contributed by atoms with E-state index in [1.165, 1.54) is 22.3 Å². The molecule has 1 N–H and O–H groups in total. The average molecular weight is 365 g/mol. The Hall–Kier alpha value is -2.17. The first-order valence-corrected chi connectivity index (χ1v) is 10.1. The molecule has 2 atom stereocenters. The number of ether oxygens (including phenoxy) is 1. The van der Waals surface area contributed by atoms with Crippen molar-refractivity contribution in [2.75, 3.05) is 0 Å². The topological polar surface area (TPSA) is 34.1 Å². The van der Waals surface area contributed by atoms with E-state index in [0.29, 0.717) is 0 Å². The molecule has 4 heteroatoms. The molecular formula is C22H24N2OS. The summed E-state index contributed by atoms with van der Waals surface area (Å²) in [5.74, 6) is 1.04. The summed E-state index contributed by atoms with van der Waals surface area (Å²) in [4.78, 5) is 4.66. The lowest BCUT2D eigenvalue weighted by Gasteiger charge is -2.18. The van der Waals surface area contributed by atoms with Crippen LogP contribution in [0.2, 0.25) is 0 Å². The van der Waals surface area contributed by atoms with Crippen LogP contribution in [-0.4, -0.2) is 11.1 Å². The maximum Gasteiger partial charge on any atom is 0.123 e. The number of rotatable bonds is 6. The molecule has 1 aliphatic rings. The van der Waals surface area contributed by atoms with E-state index in [1.54, 1.807) is 11.3 Å². The van der Waals surface area contributed by atoms with Gasteiger partial charge in [-0.15, -0.1) is 0 Å². The Kier molecular flexibility index (Phi) is 5.05. The molecule has 0 saturated carbocycles. The van der Waals surface area contributed by atoms with Crippen molar-refractivity contribution in [1.29, 1.82) is 0 Å². The lowest BCUT2D eigenvalue weighted by atomic mass is 10.0. The van der Waals surface area contributed by atoms with Crippen LogP contribution in [0.5, 0.6) is 5.75 Å². The molecule has 3 aromatic rings. The third-order valence-corrected chi connectivity index (χ3v) is 5.56. The van der Waals surface area contributed by atoms with Gasteiger partial charge in [0, 0.05) is 19.2 Å². The summed E-state index contributed by atoms with van der Waals surface area (Å²) >= 11 is 1.75. The van der Waals surface area contributed by atoms with Gasteiger partial charge in [0.05, 0.1) is 11.7 Å². The Labute approximate surface area is 159 Å². The van der Waals surface area contributed by atoms with Crippen LogP contribution in [0.15, 0.2) is 53.4 Å². The zero-order chi connectivity index (χ0) is 17.9. The van der Waals surface area contributed by atoms with Gasteiger partial charge < -0.3 is 10.1 Å². The molecule has 1 aliphatic heterocycles. The molecule has 0 aliphatic carbocycles. The van der Waals surface area contributed by atoms with Crippen molar-refractivity contribution in [3.63, 3.8) is 0 Å². The van der Waals surface area contributed by atoms with Gasteiger partial charge in [-0.2, -0.15) is 11.3 Å². The predicted molar refractivity (Wildman–Crippen MR) is 107 cm³/mol. The van der Waals surface area contributed by atoms with Gasteiger partial charge in [-0.25, -0.2) is 0 Å². The SMILES string of the molecule is Cc1ccc([C@H](Cc2ccsc2)NCc2ccc3c(c2)C[C@@H](C)O3)nc1. The molecule has 0 saturated heterocycles. The van der Waals surface area contributed by atoms with E-state index in [-0.39, 0.29) is 12.1 Å². The molecule has 2 aromatic heterocycles. The van der Waals surface area contributed by atoms with Gasteiger partial charge >= 0.3 is 0 Å². The van der Waals surface area contributed by atoms with E-state index in [4.69, 9.17) is 4.74 Å². The van der Waals surface area contributed by atoms with E-state index in [1.807, 2.05) is 6.20 Å². The fourth-order valence-corrected chi connectivity index (χ4v) is 4.12. The van der Waals surface area contributed by atoms with Crippen LogP contribution in [-0.2, 0) is 19.4 Å². The smallest absolute Gasteiger partial charge is 0.123 e. The highest BCUT2D eigenvalue weighted by Gasteiger charge is 2.19. The van der Waals surface area contributed by atoms with Crippen molar-refractivity contribution in [1.82, 2.24) is 10.3 Å². The standard InChI is InChI=1S/C22H24N2OS/c1-15-3-5-20(23-12-15)21(11-18-7-8-26-14-18)24-13-17-4-6-22-19(10-17)9-16(2)25-22/h3-8,10,12,14,16,21,24H,9,11,13H2,1-2H3/t16-,21+/m1/s1. The zero-order valence-corrected chi connectivity index (χ0v) is 16.1. The highest BCUT2D eigenvalue weighted by atomic mass is 32.1. The van der Waals surface area contributed by atoms with Crippen molar-refractivity contribution in [3.05, 3.63) is 81.3 Å². The number of hydrogen-bond acceptors (Lipinski definition) is 4. The van der Waals surface area contributed by atoms with E-state index in [9.17, 15) is 0 Å². The summed E-state index contributed by atoms with van der Waals surface area (Å²) in [6.45, 7) is 5.02. The largest absolute Gasteiger partial charge is 0.490 e. The number of thiophene rings is 1. The van der Waals surface area contributed by atoms with Crippen LogP contribution in [0.3, 0.4) is 0 Å². The predicted octanol–water partition coefficient (Wildman–Crippen LogP) is 4.85. The maximum atomic E-state index is 5.81. The Morgan fingerprint density at radius 3 is 2.92 bits per heavy atom. The summed E-state index contributed by atoms with van der Waals surface area (Å²) in [7, 11) is 0. The first kappa shape index (κ1) is 17.3.